The van der Waals surface area contributed by atoms with E-state index in [0.29, 0.717) is 11.9 Å². The van der Waals surface area contributed by atoms with Crippen molar-refractivity contribution in [1.82, 2.24) is 15.1 Å². The van der Waals surface area contributed by atoms with Crippen LogP contribution in [0.4, 0.5) is 0 Å². The van der Waals surface area contributed by atoms with Gasteiger partial charge < -0.3 is 10.2 Å². The Labute approximate surface area is 120 Å². The summed E-state index contributed by atoms with van der Waals surface area (Å²) in [4.78, 5) is 17.0. The van der Waals surface area contributed by atoms with E-state index in [-0.39, 0.29) is 6.04 Å². The highest BCUT2D eigenvalue weighted by atomic mass is 32.2. The molecule has 19 heavy (non-hydrogen) atoms. The molecule has 0 aromatic carbocycles. The summed E-state index contributed by atoms with van der Waals surface area (Å²) >= 11 is 2.04. The molecule has 3 aliphatic rings. The third-order valence-electron chi connectivity index (χ3n) is 4.33. The molecule has 1 saturated carbocycles. The Balaban J connectivity index is 1.44. The van der Waals surface area contributed by atoms with Gasteiger partial charge in [-0.15, -0.1) is 0 Å². The minimum Gasteiger partial charge on any atom is -0.340 e. The Kier molecular flexibility index (Phi) is 4.66. The minimum absolute atomic E-state index is 0.109. The molecule has 1 aliphatic carbocycles. The Bertz CT molecular complexity index is 316. The van der Waals surface area contributed by atoms with Crippen LogP contribution in [0.25, 0.3) is 0 Å². The van der Waals surface area contributed by atoms with Gasteiger partial charge in [-0.05, 0) is 25.7 Å². The fourth-order valence-corrected chi connectivity index (χ4v) is 3.92. The number of hydrogen-bond acceptors (Lipinski definition) is 4. The van der Waals surface area contributed by atoms with Gasteiger partial charge in [-0.2, -0.15) is 11.8 Å². The van der Waals surface area contributed by atoms with E-state index in [1.165, 1.54) is 37.4 Å². The van der Waals surface area contributed by atoms with Crippen LogP contribution in [0.15, 0.2) is 0 Å². The van der Waals surface area contributed by atoms with Gasteiger partial charge in [0.1, 0.15) is 0 Å². The second kappa shape index (κ2) is 6.46. The zero-order chi connectivity index (χ0) is 13.1. The molecule has 2 aliphatic heterocycles. The van der Waals surface area contributed by atoms with E-state index in [9.17, 15) is 4.79 Å². The molecule has 1 unspecified atom stereocenters. The van der Waals surface area contributed by atoms with Crippen molar-refractivity contribution in [3.05, 3.63) is 0 Å². The molecule has 5 heteroatoms. The van der Waals surface area contributed by atoms with Crippen LogP contribution in [0.2, 0.25) is 0 Å². The predicted octanol–water partition coefficient (Wildman–Crippen LogP) is 0.778. The number of piperidine rings is 1. The number of likely N-dealkylation sites (tertiary alicyclic amines) is 1. The highest BCUT2D eigenvalue weighted by molar-refractivity contribution is 7.99. The van der Waals surface area contributed by atoms with Crippen LogP contribution in [0, 0.1) is 0 Å². The lowest BCUT2D eigenvalue weighted by atomic mass is 10.0. The van der Waals surface area contributed by atoms with Crippen LogP contribution < -0.4 is 5.32 Å². The summed E-state index contributed by atoms with van der Waals surface area (Å²) in [6.45, 7) is 5.33. The van der Waals surface area contributed by atoms with Crippen LogP contribution in [0.5, 0.6) is 0 Å². The lowest BCUT2D eigenvalue weighted by Crippen LogP contribution is -2.53. The quantitative estimate of drug-likeness (QED) is 0.809. The lowest BCUT2D eigenvalue weighted by Gasteiger charge is -2.35. The molecule has 3 rings (SSSR count). The van der Waals surface area contributed by atoms with E-state index >= 15 is 0 Å². The Morgan fingerprint density at radius 1 is 1.11 bits per heavy atom. The van der Waals surface area contributed by atoms with Crippen molar-refractivity contribution < 1.29 is 4.79 Å². The fraction of sp³-hybridized carbons (Fsp3) is 0.929. The summed E-state index contributed by atoms with van der Waals surface area (Å²) in [5.41, 5.74) is 0. The monoisotopic (exact) mass is 283 g/mol. The normalized spacial score (nSPS) is 29.8. The number of carbonyl (C=O) groups excluding carboxylic acids is 1. The van der Waals surface area contributed by atoms with Crippen LogP contribution in [0.3, 0.4) is 0 Å². The average Bonchev–Trinajstić information content (AvgIpc) is 3.25. The average molecular weight is 283 g/mol. The van der Waals surface area contributed by atoms with E-state index in [0.717, 1.165) is 32.5 Å². The summed E-state index contributed by atoms with van der Waals surface area (Å²) < 4.78 is 0. The van der Waals surface area contributed by atoms with Gasteiger partial charge in [-0.3, -0.25) is 9.69 Å². The SMILES string of the molecule is O=C1C(NC2CC2)CCCN1CCN1CCSCC1. The van der Waals surface area contributed by atoms with Crippen molar-refractivity contribution in [3.63, 3.8) is 0 Å². The van der Waals surface area contributed by atoms with E-state index in [1.54, 1.807) is 0 Å². The number of carbonyl (C=O) groups is 1. The molecule has 1 atom stereocenters. The third kappa shape index (κ3) is 3.86. The van der Waals surface area contributed by atoms with Crippen LogP contribution in [-0.2, 0) is 4.79 Å². The summed E-state index contributed by atoms with van der Waals surface area (Å²) in [5, 5.41) is 3.50. The van der Waals surface area contributed by atoms with Crippen molar-refractivity contribution in [2.45, 2.75) is 37.8 Å². The highest BCUT2D eigenvalue weighted by Gasteiger charge is 2.33. The first-order valence-corrected chi connectivity index (χ1v) is 8.83. The maximum atomic E-state index is 12.4. The first-order valence-electron chi connectivity index (χ1n) is 7.68. The number of rotatable bonds is 5. The number of amides is 1. The zero-order valence-corrected chi connectivity index (χ0v) is 12.5. The first-order chi connectivity index (χ1) is 9.33. The van der Waals surface area contributed by atoms with E-state index in [4.69, 9.17) is 0 Å². The van der Waals surface area contributed by atoms with E-state index < -0.39 is 0 Å². The second-order valence-corrected chi connectivity index (χ2v) is 7.14. The molecule has 2 saturated heterocycles. The molecule has 3 fully saturated rings. The molecule has 0 aromatic rings. The molecule has 0 bridgehead atoms. The number of nitrogens with zero attached hydrogens (tertiary/aromatic N) is 2. The topological polar surface area (TPSA) is 35.6 Å². The molecule has 0 radical (unpaired) electrons. The molecule has 1 N–H and O–H groups in total. The van der Waals surface area contributed by atoms with E-state index in [2.05, 4.69) is 15.1 Å². The van der Waals surface area contributed by atoms with Crippen molar-refractivity contribution in [2.75, 3.05) is 44.2 Å². The van der Waals surface area contributed by atoms with Crippen LogP contribution in [0.1, 0.15) is 25.7 Å². The molecule has 1 amide bonds. The second-order valence-electron chi connectivity index (χ2n) is 5.92. The largest absolute Gasteiger partial charge is 0.340 e. The summed E-state index contributed by atoms with van der Waals surface area (Å²) in [7, 11) is 0. The maximum Gasteiger partial charge on any atom is 0.239 e. The van der Waals surface area contributed by atoms with Gasteiger partial charge >= 0.3 is 0 Å². The van der Waals surface area contributed by atoms with Gasteiger partial charge in [-0.1, -0.05) is 0 Å². The summed E-state index contributed by atoms with van der Waals surface area (Å²) in [6, 6.07) is 0.742. The molecule has 108 valence electrons. The first kappa shape index (κ1) is 13.7. The van der Waals surface area contributed by atoms with Gasteiger partial charge in [0.2, 0.25) is 5.91 Å². The lowest BCUT2D eigenvalue weighted by molar-refractivity contribution is -0.136. The molecule has 0 aromatic heterocycles. The van der Waals surface area contributed by atoms with Crippen LogP contribution >= 0.6 is 11.8 Å². The number of nitrogens with one attached hydrogen (secondary N) is 1. The Morgan fingerprint density at radius 2 is 1.89 bits per heavy atom. The van der Waals surface area contributed by atoms with Gasteiger partial charge in [0, 0.05) is 50.3 Å². The highest BCUT2D eigenvalue weighted by Crippen LogP contribution is 2.22. The van der Waals surface area contributed by atoms with Crippen molar-refractivity contribution >= 4 is 17.7 Å². The Hall–Kier alpha value is -0.260. The van der Waals surface area contributed by atoms with Gasteiger partial charge in [0.25, 0.3) is 0 Å². The minimum atomic E-state index is 0.109. The van der Waals surface area contributed by atoms with Crippen molar-refractivity contribution in [1.29, 1.82) is 0 Å². The number of hydrogen-bond donors (Lipinski definition) is 1. The zero-order valence-electron chi connectivity index (χ0n) is 11.6. The smallest absolute Gasteiger partial charge is 0.239 e. The maximum absolute atomic E-state index is 12.4. The predicted molar refractivity (Wildman–Crippen MR) is 79.5 cm³/mol. The fourth-order valence-electron chi connectivity index (χ4n) is 2.94. The molecular weight excluding hydrogens is 258 g/mol. The van der Waals surface area contributed by atoms with Gasteiger partial charge in [-0.25, -0.2) is 0 Å². The Morgan fingerprint density at radius 3 is 2.63 bits per heavy atom. The standard InChI is InChI=1S/C14H25N3OS/c18-14-13(15-12-3-4-12)2-1-5-17(14)7-6-16-8-10-19-11-9-16/h12-13,15H,1-11H2. The van der Waals surface area contributed by atoms with E-state index in [1.807, 2.05) is 11.8 Å². The number of thioether (sulfide) groups is 1. The molecule has 2 heterocycles. The van der Waals surface area contributed by atoms with Gasteiger partial charge in [0.05, 0.1) is 6.04 Å². The third-order valence-corrected chi connectivity index (χ3v) is 5.28. The van der Waals surface area contributed by atoms with Gasteiger partial charge in [0.15, 0.2) is 0 Å². The summed E-state index contributed by atoms with van der Waals surface area (Å²) in [6.07, 6.45) is 4.71. The van der Waals surface area contributed by atoms with Crippen molar-refractivity contribution in [2.24, 2.45) is 0 Å². The molecule has 0 spiro atoms. The van der Waals surface area contributed by atoms with Crippen molar-refractivity contribution in [3.8, 4) is 0 Å². The molecule has 4 nitrogen and oxygen atoms in total. The summed E-state index contributed by atoms with van der Waals surface area (Å²) in [5.74, 6) is 2.85. The molecular formula is C14H25N3OS. The van der Waals surface area contributed by atoms with Crippen LogP contribution in [-0.4, -0.2) is 72.0 Å².